The predicted molar refractivity (Wildman–Crippen MR) is 278 cm³/mol. The molecule has 3 unspecified atom stereocenters. The van der Waals surface area contributed by atoms with Crippen LogP contribution in [0.3, 0.4) is 0 Å². The Hall–Kier alpha value is -4.86. The van der Waals surface area contributed by atoms with Gasteiger partial charge in [0, 0.05) is 74.6 Å². The van der Waals surface area contributed by atoms with Crippen LogP contribution in [-0.2, 0) is 39.1 Å². The topological polar surface area (TPSA) is 222 Å². The number of carbonyl (C=O) groups excluding carboxylic acids is 1. The molecule has 5 aromatic rings. The Morgan fingerprint density at radius 2 is 1.69 bits per heavy atom. The number of hydrogen-bond donors (Lipinski definition) is 5. The number of carbonyl (C=O) groups is 2. The van der Waals surface area contributed by atoms with Crippen LogP contribution in [0.2, 0.25) is 0 Å². The van der Waals surface area contributed by atoms with E-state index in [1.54, 1.807) is 6.20 Å². The first-order valence-corrected chi connectivity index (χ1v) is 27.6. The minimum absolute atomic E-state index is 0.0510. The molecule has 72 heavy (non-hydrogen) atoms. The van der Waals surface area contributed by atoms with Crippen molar-refractivity contribution in [2.24, 2.45) is 16.2 Å². The molecule has 3 aromatic heterocycles. The number of ether oxygens (including phenoxy) is 2. The summed E-state index contributed by atoms with van der Waals surface area (Å²) in [5.41, 5.74) is 4.48. The van der Waals surface area contributed by atoms with E-state index in [2.05, 4.69) is 29.5 Å². The number of carboxylic acids is 1. The second kappa shape index (κ2) is 20.1. The first kappa shape index (κ1) is 52.0. The van der Waals surface area contributed by atoms with Crippen molar-refractivity contribution in [3.8, 4) is 11.1 Å². The number of nitrogens with one attached hydrogen (secondary N) is 2. The van der Waals surface area contributed by atoms with Crippen LogP contribution in [0.25, 0.3) is 21.3 Å². The van der Waals surface area contributed by atoms with Crippen LogP contribution < -0.4 is 15.5 Å². The van der Waals surface area contributed by atoms with Crippen LogP contribution in [-0.4, -0.2) is 129 Å². The molecule has 4 bridgehead atoms. The Bertz CT molecular complexity index is 2880. The number of thiazole rings is 1. The number of benzene rings is 2. The highest BCUT2D eigenvalue weighted by atomic mass is 32.2. The van der Waals surface area contributed by atoms with Crippen LogP contribution in [0.1, 0.15) is 117 Å². The van der Waals surface area contributed by atoms with Crippen molar-refractivity contribution < 1.29 is 42.2 Å². The number of para-hydroxylation sites is 1. The second-order valence-electron chi connectivity index (χ2n) is 22.8. The Morgan fingerprint density at radius 1 is 0.931 bits per heavy atom. The van der Waals surface area contributed by atoms with Gasteiger partial charge in [0.15, 0.2) is 17.1 Å². The highest BCUT2D eigenvalue weighted by Crippen LogP contribution is 2.72. The van der Waals surface area contributed by atoms with Crippen molar-refractivity contribution >= 4 is 54.5 Å². The van der Waals surface area contributed by atoms with Crippen molar-refractivity contribution in [2.75, 3.05) is 61.8 Å². The third-order valence-corrected chi connectivity index (χ3v) is 16.8. The van der Waals surface area contributed by atoms with E-state index >= 15 is 0 Å². The number of nitrogens with zero attached hydrogens (tertiary/aromatic N) is 6. The van der Waals surface area contributed by atoms with Crippen LogP contribution in [0.4, 0.5) is 10.9 Å². The number of rotatable bonds is 21. The lowest BCUT2D eigenvalue weighted by Gasteiger charge is -2.69. The number of aromatic nitrogens is 4. The summed E-state index contributed by atoms with van der Waals surface area (Å²) in [5, 5.41) is 32.7. The molecule has 0 spiro atoms. The Labute approximate surface area is 426 Å². The number of aromatic carboxylic acids is 1. The Kier molecular flexibility index (Phi) is 14.5. The maximum absolute atomic E-state index is 13.7. The second-order valence-corrected chi connectivity index (χ2v) is 25.4. The molecule has 4 fully saturated rings. The molecule has 3 atom stereocenters. The number of amides is 1. The number of anilines is 2. The molecule has 4 aliphatic carbocycles. The van der Waals surface area contributed by atoms with Gasteiger partial charge in [0.1, 0.15) is 5.82 Å². The van der Waals surface area contributed by atoms with Crippen molar-refractivity contribution in [3.63, 3.8) is 0 Å². The Balaban J connectivity index is 0.874. The van der Waals surface area contributed by atoms with E-state index in [0.29, 0.717) is 92.9 Å². The fraction of sp³-hybridized carbons (Fsp3) is 0.566. The molecule has 17 nitrogen and oxygen atoms in total. The normalized spacial score (nSPS) is 24.3. The van der Waals surface area contributed by atoms with Gasteiger partial charge in [-0.05, 0) is 137 Å². The molecule has 388 valence electrons. The van der Waals surface area contributed by atoms with Gasteiger partial charge in [-0.1, -0.05) is 49.4 Å². The molecular weight excluding hydrogens is 957 g/mol. The lowest BCUT2D eigenvalue weighted by atomic mass is 9.39. The molecule has 10 rings (SSSR count). The zero-order valence-corrected chi connectivity index (χ0v) is 44.0. The summed E-state index contributed by atoms with van der Waals surface area (Å²) in [6.45, 7) is 16.8. The fourth-order valence-corrected chi connectivity index (χ4v) is 14.8. The van der Waals surface area contributed by atoms with E-state index in [-0.39, 0.29) is 45.7 Å². The molecule has 2 aromatic carbocycles. The first-order valence-electron chi connectivity index (χ1n) is 25.2. The van der Waals surface area contributed by atoms with E-state index in [1.807, 2.05) is 96.8 Å². The standard InChI is InChI=1S/C53H70N8O9S2/c1-35-39(37-14-15-43(57-45(37)47(64)65)60-20-17-36-10-9-11-38(40(36)27-60)46(63)58-48-56-41-12-7-8-13-42(41)71-48)26-55-61(35)34-52-29-50(5)28-51(6,30-52)32-53(31-50,33-52)69-24-22-59(23-25-72(66,67)68)21-19-54-18-16-44(62)70-49(2,3)4/h7-15,26,44,54,62H,16-25,27-34H2,1-6H3,(H,64,65)(H,56,58,63)(H,66,67,68). The molecule has 4 saturated carbocycles. The average Bonchev–Trinajstić information content (AvgIpc) is 3.86. The summed E-state index contributed by atoms with van der Waals surface area (Å²) in [6.07, 6.45) is 7.84. The molecule has 1 amide bonds. The first-order chi connectivity index (χ1) is 34.0. The summed E-state index contributed by atoms with van der Waals surface area (Å²) < 4.78 is 48.9. The van der Waals surface area contributed by atoms with Gasteiger partial charge in [0.05, 0.1) is 40.0 Å². The number of pyridine rings is 1. The predicted octanol–water partition coefficient (Wildman–Crippen LogP) is 7.82. The Morgan fingerprint density at radius 3 is 2.42 bits per heavy atom. The largest absolute Gasteiger partial charge is 0.476 e. The molecule has 1 aliphatic heterocycles. The van der Waals surface area contributed by atoms with Gasteiger partial charge in [-0.2, -0.15) is 13.5 Å². The summed E-state index contributed by atoms with van der Waals surface area (Å²) in [4.78, 5) is 40.2. The van der Waals surface area contributed by atoms with Crippen molar-refractivity contribution in [3.05, 3.63) is 88.9 Å². The third-order valence-electron chi connectivity index (χ3n) is 15.1. The molecule has 5 N–H and O–H groups in total. The van der Waals surface area contributed by atoms with E-state index < -0.39 is 28.0 Å². The molecule has 19 heteroatoms. The maximum Gasteiger partial charge on any atom is 0.355 e. The average molecular weight is 1030 g/mol. The SMILES string of the molecule is Cc1c(-c2ccc(N3CCc4cccc(C(=O)Nc5nc6ccccc6s5)c4C3)nc2C(=O)O)cnn1CC12CC3(C)CC(C)(C1)CC(OCCN(CCNCCC(O)OC(C)(C)C)CCS(=O)(=O)O)(C3)C2. The van der Waals surface area contributed by atoms with Crippen molar-refractivity contribution in [1.29, 1.82) is 0 Å². The molecule has 4 heterocycles. The number of aliphatic hydroxyl groups is 1. The van der Waals surface area contributed by atoms with Crippen LogP contribution in [0.15, 0.2) is 60.8 Å². The summed E-state index contributed by atoms with van der Waals surface area (Å²) in [5.74, 6) is -1.24. The third kappa shape index (κ3) is 11.9. The summed E-state index contributed by atoms with van der Waals surface area (Å²) >= 11 is 1.42. The van der Waals surface area contributed by atoms with Gasteiger partial charge in [-0.15, -0.1) is 0 Å². The highest BCUT2D eigenvalue weighted by Gasteiger charge is 2.66. The summed E-state index contributed by atoms with van der Waals surface area (Å²) in [6, 6.07) is 17.2. The van der Waals surface area contributed by atoms with Gasteiger partial charge in [0.2, 0.25) is 0 Å². The van der Waals surface area contributed by atoms with E-state index in [9.17, 15) is 32.8 Å². The van der Waals surface area contributed by atoms with Gasteiger partial charge in [-0.25, -0.2) is 14.8 Å². The number of aliphatic hydroxyl groups excluding tert-OH is 1. The van der Waals surface area contributed by atoms with Crippen molar-refractivity contribution in [2.45, 2.75) is 123 Å². The maximum atomic E-state index is 13.7. The van der Waals surface area contributed by atoms with E-state index in [4.69, 9.17) is 19.6 Å². The van der Waals surface area contributed by atoms with Gasteiger partial charge >= 0.3 is 5.97 Å². The van der Waals surface area contributed by atoms with Gasteiger partial charge in [-0.3, -0.25) is 24.2 Å². The molecule has 0 saturated heterocycles. The van der Waals surface area contributed by atoms with Crippen LogP contribution in [0, 0.1) is 23.2 Å². The monoisotopic (exact) mass is 1030 g/mol. The zero-order valence-electron chi connectivity index (χ0n) is 42.4. The molecule has 5 aliphatic rings. The van der Waals surface area contributed by atoms with E-state index in [1.165, 1.54) is 11.3 Å². The molecule has 0 radical (unpaired) electrons. The minimum atomic E-state index is -4.16. The lowest BCUT2D eigenvalue weighted by molar-refractivity contribution is -0.248. The smallest absolute Gasteiger partial charge is 0.355 e. The fourth-order valence-electron chi connectivity index (χ4n) is 13.4. The van der Waals surface area contributed by atoms with Gasteiger partial charge in [0.25, 0.3) is 16.0 Å². The molecular formula is C53H70N8O9S2. The zero-order chi connectivity index (χ0) is 51.3. The highest BCUT2D eigenvalue weighted by molar-refractivity contribution is 7.85. The summed E-state index contributed by atoms with van der Waals surface area (Å²) in [7, 11) is -4.16. The van der Waals surface area contributed by atoms with Crippen LogP contribution >= 0.6 is 11.3 Å². The lowest BCUT2D eigenvalue weighted by Crippen LogP contribution is -2.64. The minimum Gasteiger partial charge on any atom is -0.476 e. The van der Waals surface area contributed by atoms with E-state index in [0.717, 1.165) is 65.6 Å². The van der Waals surface area contributed by atoms with Gasteiger partial charge < -0.3 is 29.9 Å². The number of carboxylic acid groups (broad SMARTS) is 1. The van der Waals surface area contributed by atoms with Crippen molar-refractivity contribution in [1.82, 2.24) is 30.0 Å². The number of fused-ring (bicyclic) bond motifs is 2. The quantitative estimate of drug-likeness (QED) is 0.0269. The number of hydrogen-bond acceptors (Lipinski definition) is 14. The van der Waals surface area contributed by atoms with Crippen LogP contribution in [0.5, 0.6) is 0 Å².